The second kappa shape index (κ2) is 10.7. The number of carbonyl (C=O) groups is 1. The van der Waals surface area contributed by atoms with Crippen LogP contribution in [0.25, 0.3) is 0 Å². The average molecular weight is 485 g/mol. The van der Waals surface area contributed by atoms with Crippen molar-refractivity contribution in [1.29, 1.82) is 0 Å². The van der Waals surface area contributed by atoms with Crippen molar-refractivity contribution >= 4 is 29.3 Å². The lowest BCUT2D eigenvalue weighted by Crippen LogP contribution is -2.31. The molecule has 0 saturated carbocycles. The van der Waals surface area contributed by atoms with Crippen LogP contribution in [0.5, 0.6) is 0 Å². The van der Waals surface area contributed by atoms with Gasteiger partial charge in [-0.1, -0.05) is 6.07 Å². The van der Waals surface area contributed by atoms with Gasteiger partial charge in [0.25, 0.3) is 5.91 Å². The molecular formula is C25H33FN6OS. The number of aliphatic imine (C=N–C) groups is 1. The Balaban J connectivity index is 1.46. The summed E-state index contributed by atoms with van der Waals surface area (Å²) in [5.41, 5.74) is 10.9. The molecule has 0 atom stereocenters. The maximum Gasteiger partial charge on any atom is 0.268 e. The van der Waals surface area contributed by atoms with Crippen LogP contribution in [0.1, 0.15) is 41.0 Å². The first-order valence-electron chi connectivity index (χ1n) is 11.7. The zero-order valence-electron chi connectivity index (χ0n) is 20.1. The Bertz CT molecular complexity index is 1120. The van der Waals surface area contributed by atoms with Crippen LogP contribution in [-0.4, -0.2) is 53.7 Å². The van der Waals surface area contributed by atoms with Gasteiger partial charge in [-0.25, -0.2) is 8.70 Å². The van der Waals surface area contributed by atoms with Gasteiger partial charge in [-0.2, -0.15) is 0 Å². The molecule has 0 aliphatic carbocycles. The molecule has 182 valence electrons. The fraction of sp³-hybridized carbons (Fsp3) is 0.440. The number of aromatic nitrogens is 1. The van der Waals surface area contributed by atoms with E-state index in [2.05, 4.69) is 19.5 Å². The highest BCUT2D eigenvalue weighted by atomic mass is 32.2. The Morgan fingerprint density at radius 3 is 2.76 bits per heavy atom. The summed E-state index contributed by atoms with van der Waals surface area (Å²) in [6.07, 6.45) is 4.69. The minimum Gasteiger partial charge on any atom is -0.404 e. The molecule has 2 fully saturated rings. The molecule has 9 heteroatoms. The monoisotopic (exact) mass is 484 g/mol. The standard InChI is InChI=1S/C25H33FN6OS/c1-17-24(34-32-12-9-21(28-2)18(14-27)16-32)13-23(30(17)3)25(33)29-15-19-20(26)7-6-8-22(19)31-10-4-5-11-31/h6-8,13-14H,4-5,9-12,15-16,27H2,1-3H3,(H,29,33)/b18-14-,28-21?. The molecule has 0 unspecified atom stereocenters. The maximum atomic E-state index is 14.7. The third-order valence-corrected chi connectivity index (χ3v) is 7.88. The number of amides is 1. The molecule has 4 rings (SSSR count). The van der Waals surface area contributed by atoms with Gasteiger partial charge in [0.05, 0.1) is 0 Å². The van der Waals surface area contributed by atoms with Crippen LogP contribution in [0.4, 0.5) is 10.1 Å². The molecule has 3 heterocycles. The van der Waals surface area contributed by atoms with Crippen molar-refractivity contribution in [2.45, 2.75) is 37.6 Å². The molecule has 3 N–H and O–H groups in total. The van der Waals surface area contributed by atoms with Crippen LogP contribution in [0.15, 0.2) is 45.9 Å². The molecule has 34 heavy (non-hydrogen) atoms. The van der Waals surface area contributed by atoms with Crippen molar-refractivity contribution in [1.82, 2.24) is 14.2 Å². The van der Waals surface area contributed by atoms with Crippen LogP contribution < -0.4 is 16.0 Å². The Kier molecular flexibility index (Phi) is 7.63. The fourth-order valence-corrected chi connectivity index (χ4v) is 5.69. The van der Waals surface area contributed by atoms with Gasteiger partial charge in [-0.15, -0.1) is 0 Å². The Labute approximate surface area is 205 Å². The average Bonchev–Trinajstić information content (AvgIpc) is 3.47. The quantitative estimate of drug-likeness (QED) is 0.613. The van der Waals surface area contributed by atoms with Crippen LogP contribution in [0.2, 0.25) is 0 Å². The zero-order chi connectivity index (χ0) is 24.2. The normalized spacial score (nSPS) is 19.4. The van der Waals surface area contributed by atoms with Gasteiger partial charge >= 0.3 is 0 Å². The number of hydrogen-bond donors (Lipinski definition) is 2. The van der Waals surface area contributed by atoms with E-state index in [0.29, 0.717) is 17.8 Å². The topological polar surface area (TPSA) is 78.9 Å². The molecule has 0 bridgehead atoms. The van der Waals surface area contributed by atoms with Gasteiger partial charge in [0, 0.05) is 92.6 Å². The number of piperidine rings is 1. The molecule has 1 amide bonds. The van der Waals surface area contributed by atoms with E-state index in [4.69, 9.17) is 5.73 Å². The number of rotatable bonds is 6. The van der Waals surface area contributed by atoms with Crippen LogP contribution in [0, 0.1) is 12.7 Å². The second-order valence-electron chi connectivity index (χ2n) is 8.72. The summed E-state index contributed by atoms with van der Waals surface area (Å²) in [6.45, 7) is 5.56. The summed E-state index contributed by atoms with van der Waals surface area (Å²) in [6, 6.07) is 7.04. The lowest BCUT2D eigenvalue weighted by Gasteiger charge is -2.28. The number of carbonyl (C=O) groups excluding carboxylic acids is 1. The highest BCUT2D eigenvalue weighted by molar-refractivity contribution is 7.97. The number of nitrogens with zero attached hydrogens (tertiary/aromatic N) is 4. The van der Waals surface area contributed by atoms with Gasteiger partial charge in [-0.05, 0) is 49.9 Å². The van der Waals surface area contributed by atoms with Gasteiger partial charge < -0.3 is 20.5 Å². The Morgan fingerprint density at radius 2 is 2.06 bits per heavy atom. The maximum absolute atomic E-state index is 14.7. The summed E-state index contributed by atoms with van der Waals surface area (Å²) in [7, 11) is 3.68. The number of halogens is 1. The highest BCUT2D eigenvalue weighted by Crippen LogP contribution is 2.32. The highest BCUT2D eigenvalue weighted by Gasteiger charge is 2.24. The molecule has 2 saturated heterocycles. The third-order valence-electron chi connectivity index (χ3n) is 6.70. The summed E-state index contributed by atoms with van der Waals surface area (Å²) in [4.78, 5) is 20.6. The van der Waals surface area contributed by atoms with Crippen molar-refractivity contribution in [3.05, 3.63) is 58.8 Å². The van der Waals surface area contributed by atoms with Gasteiger partial charge in [0.2, 0.25) is 0 Å². The lowest BCUT2D eigenvalue weighted by molar-refractivity contribution is 0.0942. The molecule has 7 nitrogen and oxygen atoms in total. The number of nitrogens with one attached hydrogen (secondary N) is 1. The molecule has 0 spiro atoms. The van der Waals surface area contributed by atoms with E-state index < -0.39 is 0 Å². The van der Waals surface area contributed by atoms with Crippen molar-refractivity contribution in [3.8, 4) is 0 Å². The minimum atomic E-state index is -0.284. The molecule has 0 radical (unpaired) electrons. The second-order valence-corrected chi connectivity index (χ2v) is 9.86. The van der Waals surface area contributed by atoms with Crippen LogP contribution in [0.3, 0.4) is 0 Å². The zero-order valence-corrected chi connectivity index (χ0v) is 20.9. The van der Waals surface area contributed by atoms with Gasteiger partial charge in [0.1, 0.15) is 11.5 Å². The predicted octanol–water partition coefficient (Wildman–Crippen LogP) is 3.63. The van der Waals surface area contributed by atoms with Gasteiger partial charge in [-0.3, -0.25) is 9.79 Å². The van der Waals surface area contributed by atoms with E-state index in [1.165, 1.54) is 6.07 Å². The number of nitrogens with two attached hydrogens (primary N) is 1. The smallest absolute Gasteiger partial charge is 0.268 e. The van der Waals surface area contributed by atoms with E-state index in [1.807, 2.05) is 30.7 Å². The number of benzene rings is 1. The first-order valence-corrected chi connectivity index (χ1v) is 12.5. The fourth-order valence-electron chi connectivity index (χ4n) is 4.59. The Hall–Kier alpha value is -2.78. The van der Waals surface area contributed by atoms with E-state index in [9.17, 15) is 9.18 Å². The minimum absolute atomic E-state index is 0.153. The molecule has 2 aliphatic heterocycles. The first-order chi connectivity index (χ1) is 16.4. The number of hydrogen-bond acceptors (Lipinski definition) is 6. The largest absolute Gasteiger partial charge is 0.404 e. The molecular weight excluding hydrogens is 451 g/mol. The summed E-state index contributed by atoms with van der Waals surface area (Å²) in [5, 5.41) is 2.94. The SMILES string of the molecule is CN=C1CCN(Sc2cc(C(=O)NCc3c(F)cccc3N3CCCC3)n(C)c2C)C/C1=C/N. The van der Waals surface area contributed by atoms with Crippen molar-refractivity contribution < 1.29 is 9.18 Å². The number of anilines is 1. The van der Waals surface area contributed by atoms with Crippen LogP contribution >= 0.6 is 11.9 Å². The van der Waals surface area contributed by atoms with Crippen LogP contribution in [-0.2, 0) is 13.6 Å². The van der Waals surface area contributed by atoms with Crippen molar-refractivity contribution in [2.24, 2.45) is 17.8 Å². The van der Waals surface area contributed by atoms with E-state index in [-0.39, 0.29) is 18.3 Å². The lowest BCUT2D eigenvalue weighted by atomic mass is 10.1. The van der Waals surface area contributed by atoms with E-state index in [0.717, 1.165) is 66.5 Å². The predicted molar refractivity (Wildman–Crippen MR) is 137 cm³/mol. The summed E-state index contributed by atoms with van der Waals surface area (Å²) < 4.78 is 18.8. The molecule has 1 aromatic heterocycles. The van der Waals surface area contributed by atoms with E-state index in [1.54, 1.807) is 31.3 Å². The summed E-state index contributed by atoms with van der Waals surface area (Å²) in [5.74, 6) is -0.498. The third kappa shape index (κ3) is 5.00. The van der Waals surface area contributed by atoms with Crippen molar-refractivity contribution in [3.63, 3.8) is 0 Å². The van der Waals surface area contributed by atoms with Gasteiger partial charge in [0.15, 0.2) is 0 Å². The van der Waals surface area contributed by atoms with Crippen molar-refractivity contribution in [2.75, 3.05) is 38.1 Å². The molecule has 2 aliphatic rings. The molecule has 1 aromatic carbocycles. The van der Waals surface area contributed by atoms with E-state index >= 15 is 0 Å². The molecule has 2 aromatic rings. The Morgan fingerprint density at radius 1 is 1.29 bits per heavy atom. The first kappa shape index (κ1) is 24.3. The summed E-state index contributed by atoms with van der Waals surface area (Å²) >= 11 is 1.63.